The molecule has 0 fully saturated rings. The minimum atomic E-state index is -3.63. The normalized spacial score (nSPS) is 13.1. The number of phenols is 1. The monoisotopic (exact) mass is 335 g/mol. The zero-order valence-corrected chi connectivity index (χ0v) is 10.7. The van der Waals surface area contributed by atoms with Crippen LogP contribution in [0.25, 0.3) is 0 Å². The highest BCUT2D eigenvalue weighted by molar-refractivity contribution is 9.10. The number of phenolic OH excluding ortho intramolecular Hbond substituents is 1. The van der Waals surface area contributed by atoms with Crippen molar-refractivity contribution in [2.45, 2.75) is 12.0 Å². The van der Waals surface area contributed by atoms with Gasteiger partial charge in [0.25, 0.3) is 5.92 Å². The molecule has 3 nitrogen and oxygen atoms in total. The molecule has 0 saturated carbocycles. The van der Waals surface area contributed by atoms with Gasteiger partial charge in [-0.05, 0) is 28.1 Å². The second-order valence-electron chi connectivity index (χ2n) is 3.22. The molecule has 0 aromatic heterocycles. The van der Waals surface area contributed by atoms with Crippen LogP contribution in [0.4, 0.5) is 13.2 Å². The van der Waals surface area contributed by atoms with E-state index in [0.29, 0.717) is 6.07 Å². The predicted octanol–water partition coefficient (Wildman–Crippen LogP) is 2.34. The summed E-state index contributed by atoms with van der Waals surface area (Å²) in [6.45, 7) is -1.48. The van der Waals surface area contributed by atoms with Crippen LogP contribution in [-0.4, -0.2) is 22.7 Å². The Morgan fingerprint density at radius 3 is 2.41 bits per heavy atom. The molecule has 1 aromatic rings. The first-order valence-corrected chi connectivity index (χ1v) is 5.01. The molecule has 0 aliphatic carbocycles. The largest absolute Gasteiger partial charge is 0.506 e. The van der Waals surface area contributed by atoms with Crippen molar-refractivity contribution in [3.63, 3.8) is 0 Å². The summed E-state index contributed by atoms with van der Waals surface area (Å²) in [5, 5.41) is 17.9. The molecule has 1 aromatic carbocycles. The molecule has 0 amide bonds. The number of alkyl halides is 2. The number of hydrogen-bond donors (Lipinski definition) is 3. The van der Waals surface area contributed by atoms with E-state index in [1.165, 1.54) is 0 Å². The maximum absolute atomic E-state index is 13.1. The topological polar surface area (TPSA) is 66.5 Å². The average molecular weight is 337 g/mol. The van der Waals surface area contributed by atoms with E-state index in [1.54, 1.807) is 0 Å². The molecule has 0 spiro atoms. The van der Waals surface area contributed by atoms with E-state index in [0.717, 1.165) is 6.07 Å². The number of hydrogen-bond acceptors (Lipinski definition) is 3. The van der Waals surface area contributed by atoms with Crippen LogP contribution in [0.1, 0.15) is 11.6 Å². The van der Waals surface area contributed by atoms with Crippen LogP contribution in [0.15, 0.2) is 16.6 Å². The van der Waals surface area contributed by atoms with Gasteiger partial charge in [-0.15, -0.1) is 12.4 Å². The Kier molecular flexibility index (Phi) is 5.73. The minimum absolute atomic E-state index is 0. The van der Waals surface area contributed by atoms with Gasteiger partial charge in [0.2, 0.25) is 0 Å². The van der Waals surface area contributed by atoms with Crippen molar-refractivity contribution in [3.8, 4) is 5.75 Å². The van der Waals surface area contributed by atoms with E-state index in [2.05, 4.69) is 15.9 Å². The van der Waals surface area contributed by atoms with Crippen molar-refractivity contribution in [3.05, 3.63) is 28.0 Å². The fourth-order valence-corrected chi connectivity index (χ4v) is 1.60. The van der Waals surface area contributed by atoms with Crippen LogP contribution in [-0.2, 0) is 0 Å². The van der Waals surface area contributed by atoms with Crippen molar-refractivity contribution < 1.29 is 23.4 Å². The van der Waals surface area contributed by atoms with Gasteiger partial charge in [0.1, 0.15) is 24.2 Å². The van der Waals surface area contributed by atoms with Gasteiger partial charge in [0.15, 0.2) is 0 Å². The van der Waals surface area contributed by atoms with E-state index in [-0.39, 0.29) is 16.9 Å². The third-order valence-electron chi connectivity index (χ3n) is 2.06. The second-order valence-corrected chi connectivity index (χ2v) is 4.08. The molecule has 4 N–H and O–H groups in total. The smallest absolute Gasteiger partial charge is 0.289 e. The molecule has 8 heteroatoms. The lowest BCUT2D eigenvalue weighted by Gasteiger charge is -2.22. The number of benzene rings is 1. The maximum atomic E-state index is 13.1. The van der Waals surface area contributed by atoms with Gasteiger partial charge in [0.05, 0.1) is 4.47 Å². The third kappa shape index (κ3) is 3.48. The summed E-state index contributed by atoms with van der Waals surface area (Å²) in [5.74, 6) is -5.02. The number of nitrogens with two attached hydrogens (primary N) is 1. The fourth-order valence-electron chi connectivity index (χ4n) is 1.15. The number of rotatable bonds is 3. The lowest BCUT2D eigenvalue weighted by molar-refractivity contribution is -0.0716. The van der Waals surface area contributed by atoms with Crippen molar-refractivity contribution in [1.82, 2.24) is 0 Å². The van der Waals surface area contributed by atoms with Crippen LogP contribution in [0.2, 0.25) is 0 Å². The maximum Gasteiger partial charge on any atom is 0.289 e. The highest BCUT2D eigenvalue weighted by Crippen LogP contribution is 2.38. The van der Waals surface area contributed by atoms with Crippen LogP contribution < -0.4 is 5.73 Å². The highest BCUT2D eigenvalue weighted by Gasteiger charge is 2.39. The van der Waals surface area contributed by atoms with Gasteiger partial charge in [-0.1, -0.05) is 0 Å². The molecule has 0 saturated heterocycles. The third-order valence-corrected chi connectivity index (χ3v) is 2.66. The quantitative estimate of drug-likeness (QED) is 0.794. The average Bonchev–Trinajstić information content (AvgIpc) is 2.22. The van der Waals surface area contributed by atoms with Gasteiger partial charge < -0.3 is 15.9 Å². The van der Waals surface area contributed by atoms with E-state index < -0.39 is 35.7 Å². The Morgan fingerprint density at radius 1 is 1.41 bits per heavy atom. The SMILES string of the molecule is Cl.N[C@@H](c1cc(F)cc(Br)c1O)C(F)(F)CO. The zero-order valence-electron chi connectivity index (χ0n) is 8.33. The van der Waals surface area contributed by atoms with Crippen LogP contribution in [0.3, 0.4) is 0 Å². The van der Waals surface area contributed by atoms with Crippen LogP contribution in [0, 0.1) is 5.82 Å². The van der Waals surface area contributed by atoms with Crippen LogP contribution in [0.5, 0.6) is 5.75 Å². The summed E-state index contributed by atoms with van der Waals surface area (Å²) in [4.78, 5) is 0. The van der Waals surface area contributed by atoms with Gasteiger partial charge in [-0.3, -0.25) is 0 Å². The van der Waals surface area contributed by atoms with Gasteiger partial charge in [0, 0.05) is 5.56 Å². The fraction of sp³-hybridized carbons (Fsp3) is 0.333. The van der Waals surface area contributed by atoms with Crippen molar-refractivity contribution >= 4 is 28.3 Å². The summed E-state index contributed by atoms with van der Waals surface area (Å²) in [6, 6.07) is -0.360. The Labute approximate surface area is 110 Å². The first-order chi connectivity index (χ1) is 7.29. The lowest BCUT2D eigenvalue weighted by Crippen LogP contribution is -2.36. The molecule has 0 bridgehead atoms. The molecule has 0 aliphatic heterocycles. The molecular weight excluding hydrogens is 326 g/mol. The van der Waals surface area contributed by atoms with E-state index in [4.69, 9.17) is 10.8 Å². The summed E-state index contributed by atoms with van der Waals surface area (Å²) < 4.78 is 39.0. The molecule has 0 heterocycles. The summed E-state index contributed by atoms with van der Waals surface area (Å²) in [7, 11) is 0. The van der Waals surface area contributed by atoms with Crippen LogP contribution >= 0.6 is 28.3 Å². The minimum Gasteiger partial charge on any atom is -0.506 e. The second kappa shape index (κ2) is 5.90. The summed E-state index contributed by atoms with van der Waals surface area (Å²) in [5.41, 5.74) is 4.70. The predicted molar refractivity (Wildman–Crippen MR) is 62.0 cm³/mol. The molecule has 0 aliphatic rings. The standard InChI is InChI=1S/C9H9BrF3NO2.ClH/c10-6-2-4(11)1-5(7(6)16)8(14)9(12,13)3-15;/h1-2,8,15-16H,3,14H2;1H/t8-;/m0./s1. The van der Waals surface area contributed by atoms with Gasteiger partial charge in [-0.25, -0.2) is 13.2 Å². The Morgan fingerprint density at radius 2 is 1.94 bits per heavy atom. The Bertz CT molecular complexity index is 406. The van der Waals surface area contributed by atoms with E-state index in [1.807, 2.05) is 0 Å². The van der Waals surface area contributed by atoms with E-state index >= 15 is 0 Å². The highest BCUT2D eigenvalue weighted by atomic mass is 79.9. The molecule has 17 heavy (non-hydrogen) atoms. The molecule has 1 atom stereocenters. The van der Waals surface area contributed by atoms with Crippen molar-refractivity contribution in [1.29, 1.82) is 0 Å². The zero-order chi connectivity index (χ0) is 12.5. The number of aliphatic hydroxyl groups excluding tert-OH is 1. The van der Waals surface area contributed by atoms with Crippen molar-refractivity contribution in [2.24, 2.45) is 5.73 Å². The first-order valence-electron chi connectivity index (χ1n) is 4.21. The molecule has 1 rings (SSSR count). The summed E-state index contributed by atoms with van der Waals surface area (Å²) >= 11 is 2.80. The number of halogens is 5. The molecular formula is C9H10BrClF3NO2. The lowest BCUT2D eigenvalue weighted by atomic mass is 10.0. The Balaban J connectivity index is 0.00000256. The Hall–Kier alpha value is -0.500. The summed E-state index contributed by atoms with van der Waals surface area (Å²) in [6.07, 6.45) is 0. The molecule has 0 unspecified atom stereocenters. The molecule has 98 valence electrons. The van der Waals surface area contributed by atoms with Gasteiger partial charge >= 0.3 is 0 Å². The van der Waals surface area contributed by atoms with Gasteiger partial charge in [-0.2, -0.15) is 0 Å². The number of aliphatic hydroxyl groups is 1. The first kappa shape index (κ1) is 16.5. The van der Waals surface area contributed by atoms with E-state index in [9.17, 15) is 18.3 Å². The molecule has 0 radical (unpaired) electrons. The number of aromatic hydroxyl groups is 1. The van der Waals surface area contributed by atoms with Crippen molar-refractivity contribution in [2.75, 3.05) is 6.61 Å².